The summed E-state index contributed by atoms with van der Waals surface area (Å²) in [5, 5.41) is 8.40. The van der Waals surface area contributed by atoms with Gasteiger partial charge in [0.1, 0.15) is 5.60 Å². The Bertz CT molecular complexity index is 1430. The molecule has 0 spiro atoms. The third-order valence-electron chi connectivity index (χ3n) is 6.28. The number of rotatable bonds is 11. The van der Waals surface area contributed by atoms with E-state index < -0.39 is 17.7 Å². The second-order valence-electron chi connectivity index (χ2n) is 11.4. The molecule has 3 rings (SSSR count). The molecule has 234 valence electrons. The molecule has 3 N–H and O–H groups in total. The zero-order chi connectivity index (χ0) is 32.3. The van der Waals surface area contributed by atoms with E-state index in [-0.39, 0.29) is 11.9 Å². The van der Waals surface area contributed by atoms with Crippen LogP contribution in [0.3, 0.4) is 0 Å². The Labute approximate surface area is 258 Å². The van der Waals surface area contributed by atoms with Gasteiger partial charge in [0.15, 0.2) is 0 Å². The highest BCUT2D eigenvalue weighted by Gasteiger charge is 2.19. The second-order valence-corrected chi connectivity index (χ2v) is 11.4. The Hall–Kier alpha value is -4.90. The number of ether oxygens (including phenoxy) is 2. The molecule has 0 radical (unpaired) electrons. The van der Waals surface area contributed by atoms with E-state index in [0.29, 0.717) is 41.3 Å². The van der Waals surface area contributed by atoms with Crippen molar-refractivity contribution in [2.75, 3.05) is 50.2 Å². The number of urea groups is 1. The molecule has 4 amide bonds. The number of anilines is 3. The van der Waals surface area contributed by atoms with Crippen molar-refractivity contribution in [2.24, 2.45) is 0 Å². The van der Waals surface area contributed by atoms with Crippen molar-refractivity contribution in [1.29, 1.82) is 0 Å². The Morgan fingerprint density at radius 1 is 0.750 bits per heavy atom. The summed E-state index contributed by atoms with van der Waals surface area (Å²) < 4.78 is 10.0. The molecule has 0 fully saturated rings. The number of esters is 1. The fourth-order valence-corrected chi connectivity index (χ4v) is 4.13. The minimum Gasteiger partial charge on any atom is -0.465 e. The first-order valence-electron chi connectivity index (χ1n) is 14.2. The zero-order valence-electron chi connectivity index (χ0n) is 26.1. The van der Waals surface area contributed by atoms with Crippen LogP contribution in [0.1, 0.15) is 53.5 Å². The van der Waals surface area contributed by atoms with E-state index in [1.54, 1.807) is 98.5 Å². The van der Waals surface area contributed by atoms with Gasteiger partial charge in [-0.3, -0.25) is 10.1 Å². The lowest BCUT2D eigenvalue weighted by Gasteiger charge is -2.24. The maximum atomic E-state index is 13.2. The lowest BCUT2D eigenvalue weighted by molar-refractivity contribution is 0.0598. The molecule has 0 unspecified atom stereocenters. The van der Waals surface area contributed by atoms with Crippen molar-refractivity contribution >= 4 is 41.1 Å². The summed E-state index contributed by atoms with van der Waals surface area (Å²) in [5.74, 6) is -0.807. The van der Waals surface area contributed by atoms with E-state index in [0.717, 1.165) is 18.5 Å². The quantitative estimate of drug-likeness (QED) is 0.227. The molecule has 11 nitrogen and oxygen atoms in total. The Kier molecular flexibility index (Phi) is 11.9. The third-order valence-corrected chi connectivity index (χ3v) is 6.28. The van der Waals surface area contributed by atoms with Crippen LogP contribution in [0, 0.1) is 0 Å². The maximum absolute atomic E-state index is 13.2. The van der Waals surface area contributed by atoms with Gasteiger partial charge >= 0.3 is 18.1 Å². The summed E-state index contributed by atoms with van der Waals surface area (Å²) in [6.45, 7) is 6.95. The molecule has 0 aromatic heterocycles. The number of methoxy groups -OCH3 is 1. The number of nitrogens with zero attached hydrogens (tertiary/aromatic N) is 2. The molecule has 0 aliphatic carbocycles. The van der Waals surface area contributed by atoms with E-state index in [1.807, 2.05) is 14.1 Å². The average Bonchev–Trinajstić information content (AvgIpc) is 2.96. The van der Waals surface area contributed by atoms with Crippen molar-refractivity contribution in [3.05, 3.63) is 89.5 Å². The van der Waals surface area contributed by atoms with E-state index >= 15 is 0 Å². The van der Waals surface area contributed by atoms with Crippen LogP contribution in [0.25, 0.3) is 0 Å². The molecule has 44 heavy (non-hydrogen) atoms. The van der Waals surface area contributed by atoms with Crippen molar-refractivity contribution < 1.29 is 28.7 Å². The molecule has 0 aliphatic heterocycles. The van der Waals surface area contributed by atoms with Crippen molar-refractivity contribution in [2.45, 2.75) is 39.3 Å². The summed E-state index contributed by atoms with van der Waals surface area (Å²) in [6.07, 6.45) is 0.139. The smallest absolute Gasteiger partial charge is 0.412 e. The van der Waals surface area contributed by atoms with E-state index in [2.05, 4.69) is 20.9 Å². The standard InChI is InChI=1S/C33H41N5O6/c1-33(2,3)44-32(42)36-28-11-8-7-10-27(28)35-29(39)24-14-12-23(13-15-24)22-38(21-9-20-37(4)5)31(41)34-26-18-16-25(17-19-26)30(40)43-6/h7-8,10-19H,9,20-22H2,1-6H3,(H,34,41)(H,35,39)(H,36,42). The van der Waals surface area contributed by atoms with Gasteiger partial charge in [-0.25, -0.2) is 14.4 Å². The highest BCUT2D eigenvalue weighted by Crippen LogP contribution is 2.23. The molecular formula is C33H41N5O6. The summed E-state index contributed by atoms with van der Waals surface area (Å²) in [7, 11) is 5.26. The SMILES string of the molecule is COC(=O)c1ccc(NC(=O)N(CCCN(C)C)Cc2ccc(C(=O)Nc3ccccc3NC(=O)OC(C)(C)C)cc2)cc1. The minimum atomic E-state index is -0.663. The van der Waals surface area contributed by atoms with Crippen LogP contribution in [-0.2, 0) is 16.0 Å². The monoisotopic (exact) mass is 603 g/mol. The number of nitrogens with one attached hydrogen (secondary N) is 3. The summed E-state index contributed by atoms with van der Waals surface area (Å²) in [4.78, 5) is 54.0. The molecule has 0 aliphatic rings. The number of hydrogen-bond donors (Lipinski definition) is 3. The summed E-state index contributed by atoms with van der Waals surface area (Å²) in [5.41, 5.74) is 2.37. The molecule has 3 aromatic rings. The molecule has 0 saturated heterocycles. The van der Waals surface area contributed by atoms with Gasteiger partial charge in [0.25, 0.3) is 5.91 Å². The first-order chi connectivity index (χ1) is 20.8. The van der Waals surface area contributed by atoms with Crippen molar-refractivity contribution in [1.82, 2.24) is 9.80 Å². The zero-order valence-corrected chi connectivity index (χ0v) is 26.1. The number of carbonyl (C=O) groups is 4. The first kappa shape index (κ1) is 33.6. The maximum Gasteiger partial charge on any atom is 0.412 e. The molecule has 0 heterocycles. The van der Waals surface area contributed by atoms with Gasteiger partial charge in [-0.15, -0.1) is 0 Å². The van der Waals surface area contributed by atoms with Gasteiger partial charge in [0, 0.05) is 24.3 Å². The number of para-hydroxylation sites is 2. The van der Waals surface area contributed by atoms with E-state index in [9.17, 15) is 19.2 Å². The van der Waals surface area contributed by atoms with Crippen LogP contribution in [0.4, 0.5) is 26.7 Å². The Morgan fingerprint density at radius 3 is 1.91 bits per heavy atom. The Morgan fingerprint density at radius 2 is 1.34 bits per heavy atom. The highest BCUT2D eigenvalue weighted by molar-refractivity contribution is 6.07. The molecule has 0 saturated carbocycles. The van der Waals surface area contributed by atoms with Crippen LogP contribution in [0.2, 0.25) is 0 Å². The van der Waals surface area contributed by atoms with Crippen molar-refractivity contribution in [3.8, 4) is 0 Å². The predicted octanol–water partition coefficient (Wildman–Crippen LogP) is 6.06. The van der Waals surface area contributed by atoms with E-state index in [1.165, 1.54) is 7.11 Å². The van der Waals surface area contributed by atoms with Crippen LogP contribution in [0.5, 0.6) is 0 Å². The van der Waals surface area contributed by atoms with Crippen LogP contribution < -0.4 is 16.0 Å². The fraction of sp³-hybridized carbons (Fsp3) is 0.333. The van der Waals surface area contributed by atoms with Gasteiger partial charge in [-0.1, -0.05) is 24.3 Å². The van der Waals surface area contributed by atoms with Crippen LogP contribution in [0.15, 0.2) is 72.8 Å². The van der Waals surface area contributed by atoms with Gasteiger partial charge in [0.2, 0.25) is 0 Å². The molecule has 0 bridgehead atoms. The van der Waals surface area contributed by atoms with Crippen molar-refractivity contribution in [3.63, 3.8) is 0 Å². The van der Waals surface area contributed by atoms with Gasteiger partial charge in [-0.2, -0.15) is 0 Å². The molecule has 0 atom stereocenters. The molecular weight excluding hydrogens is 562 g/mol. The Balaban J connectivity index is 1.67. The van der Waals surface area contributed by atoms with Gasteiger partial charge in [0.05, 0.1) is 24.0 Å². The van der Waals surface area contributed by atoms with Gasteiger partial charge < -0.3 is 29.9 Å². The minimum absolute atomic E-state index is 0.287. The van der Waals surface area contributed by atoms with Crippen LogP contribution >= 0.6 is 0 Å². The number of amides is 4. The second kappa shape index (κ2) is 15.5. The number of benzene rings is 3. The summed E-state index contributed by atoms with van der Waals surface area (Å²) in [6, 6.07) is 20.0. The fourth-order valence-electron chi connectivity index (χ4n) is 4.13. The van der Waals surface area contributed by atoms with E-state index in [4.69, 9.17) is 9.47 Å². The average molecular weight is 604 g/mol. The van der Waals surface area contributed by atoms with Gasteiger partial charge in [-0.05, 0) is 102 Å². The third kappa shape index (κ3) is 10.7. The number of carbonyl (C=O) groups excluding carboxylic acids is 4. The first-order valence-corrected chi connectivity index (χ1v) is 14.2. The molecule has 3 aromatic carbocycles. The predicted molar refractivity (Wildman–Crippen MR) is 171 cm³/mol. The largest absolute Gasteiger partial charge is 0.465 e. The van der Waals surface area contributed by atoms with Crippen LogP contribution in [-0.4, -0.2) is 73.7 Å². The lowest BCUT2D eigenvalue weighted by Crippen LogP contribution is -2.36. The molecule has 11 heteroatoms. The normalized spacial score (nSPS) is 11.0. The highest BCUT2D eigenvalue weighted by atomic mass is 16.6. The lowest BCUT2D eigenvalue weighted by atomic mass is 10.1. The number of hydrogen-bond acceptors (Lipinski definition) is 7. The topological polar surface area (TPSA) is 129 Å². The summed E-state index contributed by atoms with van der Waals surface area (Å²) >= 11 is 0.